The number of imidazole rings is 1. The van der Waals surface area contributed by atoms with Gasteiger partial charge in [0.1, 0.15) is 0 Å². The van der Waals surface area contributed by atoms with E-state index in [4.69, 9.17) is 16.6 Å². The Hall–Kier alpha value is -2.78. The molecule has 3 nitrogen and oxygen atoms in total. The van der Waals surface area contributed by atoms with Crippen molar-refractivity contribution in [3.05, 3.63) is 94.5 Å². The van der Waals surface area contributed by atoms with Gasteiger partial charge < -0.3 is 9.88 Å². The number of nitrogens with one attached hydrogen (secondary N) is 1. The molecule has 2 heterocycles. The summed E-state index contributed by atoms with van der Waals surface area (Å²) in [5.41, 5.74) is 6.08. The molecule has 134 valence electrons. The van der Waals surface area contributed by atoms with E-state index < -0.39 is 0 Å². The lowest BCUT2D eigenvalue weighted by Crippen LogP contribution is -2.27. The lowest BCUT2D eigenvalue weighted by molar-refractivity contribution is 0.476. The Kier molecular flexibility index (Phi) is 3.91. The molecule has 0 bridgehead atoms. The number of rotatable bonds is 2. The largest absolute Gasteiger partial charge is 0.349 e. The van der Waals surface area contributed by atoms with Crippen LogP contribution < -0.4 is 5.32 Å². The van der Waals surface area contributed by atoms with E-state index >= 15 is 0 Å². The van der Waals surface area contributed by atoms with Gasteiger partial charge in [0.2, 0.25) is 5.95 Å². The summed E-state index contributed by atoms with van der Waals surface area (Å²) in [7, 11) is 0. The summed E-state index contributed by atoms with van der Waals surface area (Å²) in [4.78, 5) is 4.88. The molecule has 5 rings (SSSR count). The predicted octanol–water partition coefficient (Wildman–Crippen LogP) is 6.14. The van der Waals surface area contributed by atoms with E-state index in [9.17, 15) is 0 Å². The van der Waals surface area contributed by atoms with Gasteiger partial charge in [0.15, 0.2) is 0 Å². The molecule has 0 fully saturated rings. The Morgan fingerprint density at radius 2 is 1.70 bits per heavy atom. The maximum atomic E-state index is 6.09. The molecule has 27 heavy (non-hydrogen) atoms. The Labute approximate surface area is 163 Å². The van der Waals surface area contributed by atoms with Crippen LogP contribution in [0, 0.1) is 6.92 Å². The second-order valence-corrected chi connectivity index (χ2v) is 7.59. The Balaban J connectivity index is 1.68. The number of nitrogens with zero attached hydrogens (tertiary/aromatic N) is 2. The SMILES string of the molecule is Cc1ccccc1C1CC(c2ccc(Cl)cc2)Nc2nc3ccccc3n21. The highest BCUT2D eigenvalue weighted by Gasteiger charge is 2.31. The van der Waals surface area contributed by atoms with Gasteiger partial charge in [-0.25, -0.2) is 4.98 Å². The minimum absolute atomic E-state index is 0.191. The fourth-order valence-electron chi connectivity index (χ4n) is 4.15. The first-order valence-corrected chi connectivity index (χ1v) is 9.63. The van der Waals surface area contributed by atoms with E-state index in [2.05, 4.69) is 71.4 Å². The lowest BCUT2D eigenvalue weighted by Gasteiger charge is -2.34. The minimum atomic E-state index is 0.191. The molecular weight excluding hydrogens is 354 g/mol. The molecule has 2 unspecified atom stereocenters. The highest BCUT2D eigenvalue weighted by molar-refractivity contribution is 6.30. The summed E-state index contributed by atoms with van der Waals surface area (Å²) in [5.74, 6) is 0.927. The number of hydrogen-bond acceptors (Lipinski definition) is 2. The molecule has 2 atom stereocenters. The quantitative estimate of drug-likeness (QED) is 0.457. The van der Waals surface area contributed by atoms with Crippen LogP contribution in [-0.2, 0) is 0 Å². The van der Waals surface area contributed by atoms with Crippen molar-refractivity contribution < 1.29 is 0 Å². The molecule has 4 heteroatoms. The molecular formula is C23H20ClN3. The second-order valence-electron chi connectivity index (χ2n) is 7.15. The first-order valence-electron chi connectivity index (χ1n) is 9.25. The molecule has 0 amide bonds. The maximum absolute atomic E-state index is 6.09. The van der Waals surface area contributed by atoms with Crippen LogP contribution in [0.1, 0.15) is 35.2 Å². The Morgan fingerprint density at radius 1 is 0.963 bits per heavy atom. The van der Waals surface area contributed by atoms with E-state index in [1.54, 1.807) is 0 Å². The van der Waals surface area contributed by atoms with Crippen molar-refractivity contribution in [1.29, 1.82) is 0 Å². The normalized spacial score (nSPS) is 18.9. The zero-order chi connectivity index (χ0) is 18.4. The fourth-order valence-corrected chi connectivity index (χ4v) is 4.27. The molecule has 1 aliphatic rings. The van der Waals surface area contributed by atoms with Crippen molar-refractivity contribution >= 4 is 28.6 Å². The molecule has 1 aliphatic heterocycles. The average molecular weight is 374 g/mol. The van der Waals surface area contributed by atoms with Gasteiger partial charge >= 0.3 is 0 Å². The molecule has 4 aromatic rings. The minimum Gasteiger partial charge on any atom is -0.349 e. The summed E-state index contributed by atoms with van der Waals surface area (Å²) in [6.45, 7) is 2.19. The number of benzene rings is 3. The van der Waals surface area contributed by atoms with Crippen LogP contribution in [0.15, 0.2) is 72.8 Å². The molecule has 1 N–H and O–H groups in total. The van der Waals surface area contributed by atoms with Crippen LogP contribution in [-0.4, -0.2) is 9.55 Å². The second kappa shape index (κ2) is 6.43. The van der Waals surface area contributed by atoms with Crippen molar-refractivity contribution in [2.24, 2.45) is 0 Å². The monoisotopic (exact) mass is 373 g/mol. The van der Waals surface area contributed by atoms with Gasteiger partial charge in [-0.15, -0.1) is 0 Å². The van der Waals surface area contributed by atoms with Gasteiger partial charge in [0.05, 0.1) is 23.1 Å². The van der Waals surface area contributed by atoms with Gasteiger partial charge in [-0.1, -0.05) is 60.1 Å². The number of anilines is 1. The molecule has 0 aliphatic carbocycles. The first kappa shape index (κ1) is 16.4. The number of aromatic nitrogens is 2. The lowest BCUT2D eigenvalue weighted by atomic mass is 9.91. The fraction of sp³-hybridized carbons (Fsp3) is 0.174. The number of fused-ring (bicyclic) bond motifs is 3. The molecule has 0 saturated heterocycles. The van der Waals surface area contributed by atoms with Gasteiger partial charge in [-0.3, -0.25) is 0 Å². The summed E-state index contributed by atoms with van der Waals surface area (Å²) in [5, 5.41) is 4.41. The van der Waals surface area contributed by atoms with Crippen molar-refractivity contribution in [1.82, 2.24) is 9.55 Å². The van der Waals surface area contributed by atoms with E-state index in [1.807, 2.05) is 18.2 Å². The van der Waals surface area contributed by atoms with E-state index in [-0.39, 0.29) is 12.1 Å². The zero-order valence-electron chi connectivity index (χ0n) is 15.1. The van der Waals surface area contributed by atoms with Crippen molar-refractivity contribution in [3.8, 4) is 0 Å². The summed E-state index contributed by atoms with van der Waals surface area (Å²) < 4.78 is 2.35. The number of hydrogen-bond donors (Lipinski definition) is 1. The first-order chi connectivity index (χ1) is 13.2. The summed E-state index contributed by atoms with van der Waals surface area (Å²) in [6, 6.07) is 25.6. The molecule has 0 radical (unpaired) electrons. The molecule has 3 aromatic carbocycles. The van der Waals surface area contributed by atoms with Crippen LogP contribution >= 0.6 is 11.6 Å². The van der Waals surface area contributed by atoms with Crippen LogP contribution in [0.25, 0.3) is 11.0 Å². The van der Waals surface area contributed by atoms with Crippen LogP contribution in [0.3, 0.4) is 0 Å². The standard InChI is InChI=1S/C23H20ClN3/c1-15-6-2-3-7-18(15)22-14-20(16-10-12-17(24)13-11-16)26-23-25-19-8-4-5-9-21(19)27(22)23/h2-13,20,22H,14H2,1H3,(H,25,26). The van der Waals surface area contributed by atoms with Crippen LogP contribution in [0.5, 0.6) is 0 Å². The van der Waals surface area contributed by atoms with Crippen LogP contribution in [0.2, 0.25) is 5.02 Å². The van der Waals surface area contributed by atoms with Crippen molar-refractivity contribution in [3.63, 3.8) is 0 Å². The molecule has 0 saturated carbocycles. The Morgan fingerprint density at radius 3 is 2.52 bits per heavy atom. The van der Waals surface area contributed by atoms with Gasteiger partial charge in [0, 0.05) is 5.02 Å². The third kappa shape index (κ3) is 2.79. The third-order valence-electron chi connectivity index (χ3n) is 5.49. The predicted molar refractivity (Wildman–Crippen MR) is 111 cm³/mol. The van der Waals surface area contributed by atoms with Crippen LogP contribution in [0.4, 0.5) is 5.95 Å². The zero-order valence-corrected chi connectivity index (χ0v) is 15.8. The smallest absolute Gasteiger partial charge is 0.204 e. The van der Waals surface area contributed by atoms with Gasteiger partial charge in [-0.05, 0) is 54.3 Å². The van der Waals surface area contributed by atoms with E-state index in [1.165, 1.54) is 22.2 Å². The topological polar surface area (TPSA) is 29.9 Å². The van der Waals surface area contributed by atoms with Gasteiger partial charge in [0.25, 0.3) is 0 Å². The maximum Gasteiger partial charge on any atom is 0.204 e. The Bertz CT molecular complexity index is 1110. The average Bonchev–Trinajstić information content (AvgIpc) is 3.07. The van der Waals surface area contributed by atoms with Crippen molar-refractivity contribution in [2.45, 2.75) is 25.4 Å². The number of halogens is 1. The number of aryl methyl sites for hydroxylation is 1. The van der Waals surface area contributed by atoms with Gasteiger partial charge in [-0.2, -0.15) is 0 Å². The highest BCUT2D eigenvalue weighted by atomic mass is 35.5. The molecule has 0 spiro atoms. The number of para-hydroxylation sites is 2. The highest BCUT2D eigenvalue weighted by Crippen LogP contribution is 2.41. The summed E-state index contributed by atoms with van der Waals surface area (Å²) in [6.07, 6.45) is 0.958. The molecule has 1 aromatic heterocycles. The third-order valence-corrected chi connectivity index (χ3v) is 5.74. The van der Waals surface area contributed by atoms with Crippen molar-refractivity contribution in [2.75, 3.05) is 5.32 Å². The van der Waals surface area contributed by atoms with E-state index in [0.29, 0.717) is 0 Å². The van der Waals surface area contributed by atoms with E-state index in [0.717, 1.165) is 22.9 Å². The summed E-state index contributed by atoms with van der Waals surface area (Å²) >= 11 is 6.09.